The van der Waals surface area contributed by atoms with Gasteiger partial charge in [0.05, 0.1) is 0 Å². The molecule has 0 bridgehead atoms. The zero-order chi connectivity index (χ0) is 8.27. The van der Waals surface area contributed by atoms with Crippen molar-refractivity contribution >= 4 is 0 Å². The minimum atomic E-state index is 1.00. The predicted molar refractivity (Wildman–Crippen MR) is 49.0 cm³/mol. The summed E-state index contributed by atoms with van der Waals surface area (Å²) in [7, 11) is 0. The third-order valence-corrected chi connectivity index (χ3v) is 1.85. The molecule has 1 aliphatic carbocycles. The van der Waals surface area contributed by atoms with Crippen molar-refractivity contribution in [2.24, 2.45) is 0 Å². The van der Waals surface area contributed by atoms with Crippen molar-refractivity contribution in [3.05, 3.63) is 34.9 Å². The molecular formula is C11H12. The van der Waals surface area contributed by atoms with Crippen molar-refractivity contribution in [2.75, 3.05) is 0 Å². The van der Waals surface area contributed by atoms with Gasteiger partial charge in [-0.1, -0.05) is 23.6 Å². The fourth-order valence-electron chi connectivity index (χ4n) is 1.01. The van der Waals surface area contributed by atoms with E-state index in [-0.39, 0.29) is 0 Å². The molecule has 0 unspecified atom stereocenters. The molecule has 0 N–H and O–H groups in total. The van der Waals surface area contributed by atoms with Gasteiger partial charge in [0.2, 0.25) is 0 Å². The Balaban J connectivity index is 3.01. The van der Waals surface area contributed by atoms with E-state index in [1.54, 1.807) is 0 Å². The summed E-state index contributed by atoms with van der Waals surface area (Å²) in [4.78, 5) is 0. The topological polar surface area (TPSA) is 0 Å². The standard InChI is InChI=1S/C11H12/c1-4-11-8-6-9(2)5-7-10(11)3/h1,6-8H,5H2,2-3H3. The van der Waals surface area contributed by atoms with Crippen LogP contribution in [0, 0.1) is 12.3 Å². The number of allylic oxidation sites excluding steroid dienone is 6. The third-order valence-electron chi connectivity index (χ3n) is 1.85. The smallest absolute Gasteiger partial charge is 0.0268 e. The summed E-state index contributed by atoms with van der Waals surface area (Å²) in [6, 6.07) is 0. The fourth-order valence-corrected chi connectivity index (χ4v) is 1.01. The van der Waals surface area contributed by atoms with Crippen LogP contribution in [0.25, 0.3) is 0 Å². The highest BCUT2D eigenvalue weighted by Crippen LogP contribution is 2.16. The third kappa shape index (κ3) is 1.85. The average Bonchev–Trinajstić information content (AvgIpc) is 2.15. The zero-order valence-corrected chi connectivity index (χ0v) is 7.02. The lowest BCUT2D eigenvalue weighted by molar-refractivity contribution is 1.20. The SMILES string of the molecule is C#CC1=CC=C(C)CC=C1C. The largest absolute Gasteiger partial charge is 0.115 e. The number of hydrogen-bond donors (Lipinski definition) is 0. The van der Waals surface area contributed by atoms with Crippen molar-refractivity contribution in [3.8, 4) is 12.3 Å². The molecule has 0 aromatic rings. The van der Waals surface area contributed by atoms with Gasteiger partial charge >= 0.3 is 0 Å². The highest BCUT2D eigenvalue weighted by molar-refractivity contribution is 5.47. The summed E-state index contributed by atoms with van der Waals surface area (Å²) in [5.41, 5.74) is 3.57. The minimum Gasteiger partial charge on any atom is -0.115 e. The summed E-state index contributed by atoms with van der Waals surface area (Å²) >= 11 is 0. The molecular weight excluding hydrogens is 132 g/mol. The Kier molecular flexibility index (Phi) is 2.33. The van der Waals surface area contributed by atoms with Gasteiger partial charge in [-0.05, 0) is 31.9 Å². The van der Waals surface area contributed by atoms with E-state index in [1.807, 2.05) is 6.08 Å². The van der Waals surface area contributed by atoms with Crippen LogP contribution in [0.3, 0.4) is 0 Å². The van der Waals surface area contributed by atoms with E-state index in [1.165, 1.54) is 11.1 Å². The average molecular weight is 144 g/mol. The van der Waals surface area contributed by atoms with Gasteiger partial charge in [-0.3, -0.25) is 0 Å². The number of hydrogen-bond acceptors (Lipinski definition) is 0. The molecule has 0 fully saturated rings. The van der Waals surface area contributed by atoms with E-state index in [2.05, 4.69) is 31.9 Å². The van der Waals surface area contributed by atoms with Crippen LogP contribution in [0.5, 0.6) is 0 Å². The van der Waals surface area contributed by atoms with E-state index in [0.717, 1.165) is 12.0 Å². The molecule has 0 aromatic carbocycles. The van der Waals surface area contributed by atoms with E-state index in [4.69, 9.17) is 6.42 Å². The molecule has 0 aliphatic heterocycles. The van der Waals surface area contributed by atoms with Crippen molar-refractivity contribution in [2.45, 2.75) is 20.3 Å². The van der Waals surface area contributed by atoms with Crippen molar-refractivity contribution < 1.29 is 0 Å². The van der Waals surface area contributed by atoms with Crippen molar-refractivity contribution in [1.82, 2.24) is 0 Å². The molecule has 0 saturated carbocycles. The molecule has 0 saturated heterocycles. The van der Waals surface area contributed by atoms with Crippen LogP contribution < -0.4 is 0 Å². The molecule has 0 radical (unpaired) electrons. The summed E-state index contributed by atoms with van der Waals surface area (Å²) < 4.78 is 0. The summed E-state index contributed by atoms with van der Waals surface area (Å²) in [5, 5.41) is 0. The van der Waals surface area contributed by atoms with Gasteiger partial charge in [0.1, 0.15) is 0 Å². The number of terminal acetylenes is 1. The monoisotopic (exact) mass is 144 g/mol. The molecule has 0 spiro atoms. The van der Waals surface area contributed by atoms with Crippen molar-refractivity contribution in [3.63, 3.8) is 0 Å². The van der Waals surface area contributed by atoms with Gasteiger partial charge in [-0.2, -0.15) is 0 Å². The predicted octanol–water partition coefficient (Wildman–Crippen LogP) is 2.84. The van der Waals surface area contributed by atoms with Crippen LogP contribution >= 0.6 is 0 Å². The van der Waals surface area contributed by atoms with Gasteiger partial charge in [-0.25, -0.2) is 0 Å². The summed E-state index contributed by atoms with van der Waals surface area (Å²) in [6.45, 7) is 4.16. The maximum absolute atomic E-state index is 5.32. The van der Waals surface area contributed by atoms with Crippen LogP contribution in [0.15, 0.2) is 34.9 Å². The Morgan fingerprint density at radius 1 is 1.36 bits per heavy atom. The molecule has 0 aromatic heterocycles. The molecule has 0 heteroatoms. The van der Waals surface area contributed by atoms with E-state index >= 15 is 0 Å². The molecule has 1 aliphatic rings. The van der Waals surface area contributed by atoms with Gasteiger partial charge in [-0.15, -0.1) is 6.42 Å². The zero-order valence-electron chi connectivity index (χ0n) is 7.02. The molecule has 0 atom stereocenters. The Bertz CT molecular complexity index is 280. The molecule has 0 nitrogen and oxygen atoms in total. The summed E-state index contributed by atoms with van der Waals surface area (Å²) in [6.07, 6.45) is 12.6. The second-order valence-corrected chi connectivity index (χ2v) is 2.83. The Morgan fingerprint density at radius 2 is 2.09 bits per heavy atom. The minimum absolute atomic E-state index is 1.00. The lowest BCUT2D eigenvalue weighted by Crippen LogP contribution is -1.78. The Morgan fingerprint density at radius 3 is 2.73 bits per heavy atom. The highest BCUT2D eigenvalue weighted by Gasteiger charge is 1.98. The van der Waals surface area contributed by atoms with Gasteiger partial charge in [0.25, 0.3) is 0 Å². The molecule has 11 heavy (non-hydrogen) atoms. The van der Waals surface area contributed by atoms with Crippen LogP contribution in [0.4, 0.5) is 0 Å². The van der Waals surface area contributed by atoms with Gasteiger partial charge in [0.15, 0.2) is 0 Å². The quantitative estimate of drug-likeness (QED) is 0.458. The van der Waals surface area contributed by atoms with Crippen molar-refractivity contribution in [1.29, 1.82) is 0 Å². The highest BCUT2D eigenvalue weighted by atomic mass is 14.0. The maximum atomic E-state index is 5.32. The van der Waals surface area contributed by atoms with Crippen LogP contribution in [-0.4, -0.2) is 0 Å². The first-order valence-corrected chi connectivity index (χ1v) is 3.75. The van der Waals surface area contributed by atoms with E-state index in [9.17, 15) is 0 Å². The van der Waals surface area contributed by atoms with Gasteiger partial charge < -0.3 is 0 Å². The lowest BCUT2D eigenvalue weighted by Gasteiger charge is -1.94. The van der Waals surface area contributed by atoms with Gasteiger partial charge in [0, 0.05) is 5.57 Å². The van der Waals surface area contributed by atoms with Crippen LogP contribution in [0.2, 0.25) is 0 Å². The maximum Gasteiger partial charge on any atom is 0.0268 e. The van der Waals surface area contributed by atoms with E-state index < -0.39 is 0 Å². The molecule has 56 valence electrons. The normalized spacial score (nSPS) is 17.4. The number of rotatable bonds is 0. The first-order valence-electron chi connectivity index (χ1n) is 3.75. The second kappa shape index (κ2) is 3.25. The molecule has 0 amide bonds. The molecule has 1 rings (SSSR count). The van der Waals surface area contributed by atoms with Crippen LogP contribution in [-0.2, 0) is 0 Å². The molecule has 0 heterocycles. The summed E-state index contributed by atoms with van der Waals surface area (Å²) in [5.74, 6) is 2.66. The second-order valence-electron chi connectivity index (χ2n) is 2.83. The Labute approximate surface area is 68.3 Å². The fraction of sp³-hybridized carbons (Fsp3) is 0.273. The Hall–Kier alpha value is -1.22. The lowest BCUT2D eigenvalue weighted by atomic mass is 10.1. The first-order chi connectivity index (χ1) is 5.24. The first kappa shape index (κ1) is 7.88. The van der Waals surface area contributed by atoms with E-state index in [0.29, 0.717) is 0 Å². The van der Waals surface area contributed by atoms with Crippen LogP contribution in [0.1, 0.15) is 20.3 Å².